The van der Waals surface area contributed by atoms with Gasteiger partial charge in [0.1, 0.15) is 18.7 Å². The van der Waals surface area contributed by atoms with E-state index in [9.17, 15) is 24.3 Å². The molecule has 0 fully saturated rings. The van der Waals surface area contributed by atoms with Crippen molar-refractivity contribution in [2.75, 3.05) is 0 Å². The number of amides is 2. The van der Waals surface area contributed by atoms with Gasteiger partial charge in [-0.1, -0.05) is 56.3 Å². The van der Waals surface area contributed by atoms with E-state index in [1.165, 1.54) is 24.3 Å². The molecule has 0 aliphatic heterocycles. The first kappa shape index (κ1) is 25.4. The summed E-state index contributed by atoms with van der Waals surface area (Å²) < 4.78 is 5.17. The third-order valence-corrected chi connectivity index (χ3v) is 4.78. The lowest BCUT2D eigenvalue weighted by molar-refractivity contribution is -0.142. The summed E-state index contributed by atoms with van der Waals surface area (Å²) in [5.41, 5.74) is 1.41. The van der Waals surface area contributed by atoms with E-state index in [-0.39, 0.29) is 30.9 Å². The second-order valence-corrected chi connectivity index (χ2v) is 7.99. The van der Waals surface area contributed by atoms with Crippen LogP contribution in [0, 0.1) is 5.92 Å². The summed E-state index contributed by atoms with van der Waals surface area (Å²) in [6.45, 7) is 3.78. The SMILES string of the molecule is CC(C)C[C@H](NC(=O)OCc1ccccc1)C(=O)N[C@@H](Cc1ccc(C(=O)O)cc1)C(=O)O. The number of carbonyl (C=O) groups excluding carboxylic acids is 2. The van der Waals surface area contributed by atoms with Gasteiger partial charge in [-0.25, -0.2) is 14.4 Å². The van der Waals surface area contributed by atoms with Crippen LogP contribution in [0.25, 0.3) is 0 Å². The predicted molar refractivity (Wildman–Crippen MR) is 120 cm³/mol. The third kappa shape index (κ3) is 8.64. The van der Waals surface area contributed by atoms with Crippen LogP contribution in [0.1, 0.15) is 41.8 Å². The highest BCUT2D eigenvalue weighted by Crippen LogP contribution is 2.10. The number of carboxylic acid groups (broad SMARTS) is 2. The van der Waals surface area contributed by atoms with Crippen LogP contribution >= 0.6 is 0 Å². The van der Waals surface area contributed by atoms with Gasteiger partial charge in [-0.3, -0.25) is 4.79 Å². The minimum Gasteiger partial charge on any atom is -0.480 e. The molecule has 2 aromatic rings. The number of aliphatic carboxylic acids is 1. The average Bonchev–Trinajstić information content (AvgIpc) is 2.77. The number of hydrogen-bond donors (Lipinski definition) is 4. The fourth-order valence-corrected chi connectivity index (χ4v) is 3.10. The van der Waals surface area contributed by atoms with Gasteiger partial charge in [-0.2, -0.15) is 0 Å². The van der Waals surface area contributed by atoms with Crippen LogP contribution < -0.4 is 10.6 Å². The summed E-state index contributed by atoms with van der Waals surface area (Å²) in [6, 6.07) is 12.5. The maximum Gasteiger partial charge on any atom is 0.408 e. The first-order chi connectivity index (χ1) is 15.7. The Labute approximate surface area is 191 Å². The minimum absolute atomic E-state index is 0.0345. The number of hydrogen-bond acceptors (Lipinski definition) is 5. The Balaban J connectivity index is 2.01. The molecule has 33 heavy (non-hydrogen) atoms. The molecule has 0 aromatic heterocycles. The molecule has 9 nitrogen and oxygen atoms in total. The fourth-order valence-electron chi connectivity index (χ4n) is 3.10. The summed E-state index contributed by atoms with van der Waals surface area (Å²) in [7, 11) is 0. The number of aromatic carboxylic acids is 1. The molecule has 0 spiro atoms. The minimum atomic E-state index is -1.26. The smallest absolute Gasteiger partial charge is 0.408 e. The van der Waals surface area contributed by atoms with Crippen LogP contribution in [0.2, 0.25) is 0 Å². The lowest BCUT2D eigenvalue weighted by Crippen LogP contribution is -2.52. The van der Waals surface area contributed by atoms with E-state index in [4.69, 9.17) is 9.84 Å². The van der Waals surface area contributed by atoms with Gasteiger partial charge in [-0.15, -0.1) is 0 Å². The molecule has 0 saturated heterocycles. The third-order valence-electron chi connectivity index (χ3n) is 4.78. The maximum atomic E-state index is 12.8. The zero-order chi connectivity index (χ0) is 24.4. The first-order valence-corrected chi connectivity index (χ1v) is 10.5. The molecule has 0 aliphatic carbocycles. The molecule has 0 bridgehead atoms. The molecule has 176 valence electrons. The molecular weight excluding hydrogens is 428 g/mol. The van der Waals surface area contributed by atoms with Gasteiger partial charge in [0.05, 0.1) is 5.56 Å². The number of ether oxygens (including phenoxy) is 1. The molecule has 2 amide bonds. The van der Waals surface area contributed by atoms with E-state index < -0.39 is 36.0 Å². The van der Waals surface area contributed by atoms with Gasteiger partial charge in [0.2, 0.25) is 5.91 Å². The van der Waals surface area contributed by atoms with E-state index in [1.54, 1.807) is 12.1 Å². The van der Waals surface area contributed by atoms with Gasteiger partial charge in [0.25, 0.3) is 0 Å². The van der Waals surface area contributed by atoms with Gasteiger partial charge in [-0.05, 0) is 35.6 Å². The van der Waals surface area contributed by atoms with Gasteiger partial charge in [0, 0.05) is 6.42 Å². The second-order valence-electron chi connectivity index (χ2n) is 7.99. The van der Waals surface area contributed by atoms with Crippen LogP contribution in [0.4, 0.5) is 4.79 Å². The normalized spacial score (nSPS) is 12.5. The number of rotatable bonds is 11. The van der Waals surface area contributed by atoms with Crippen molar-refractivity contribution in [3.8, 4) is 0 Å². The highest BCUT2D eigenvalue weighted by Gasteiger charge is 2.28. The van der Waals surface area contributed by atoms with E-state index in [0.717, 1.165) is 5.56 Å². The number of alkyl carbamates (subject to hydrolysis) is 1. The molecule has 2 atom stereocenters. The standard InChI is InChI=1S/C24H28N2O7/c1-15(2)12-19(26-24(32)33-14-17-6-4-3-5-7-17)21(27)25-20(23(30)31)13-16-8-10-18(11-9-16)22(28)29/h3-11,15,19-20H,12-14H2,1-2H3,(H,25,27)(H,26,32)(H,28,29)(H,30,31)/t19-,20-/m0/s1. The molecule has 0 aliphatic rings. The molecule has 0 saturated carbocycles. The Bertz CT molecular complexity index is 959. The molecule has 9 heteroatoms. The van der Waals surface area contributed by atoms with Crippen molar-refractivity contribution in [3.05, 3.63) is 71.3 Å². The Kier molecular flexibility index (Phi) is 9.41. The molecular formula is C24H28N2O7. The van der Waals surface area contributed by atoms with E-state index in [2.05, 4.69) is 10.6 Å². The highest BCUT2D eigenvalue weighted by atomic mass is 16.5. The van der Waals surface area contributed by atoms with E-state index in [1.807, 2.05) is 32.0 Å². The van der Waals surface area contributed by atoms with Crippen molar-refractivity contribution < 1.29 is 34.1 Å². The lowest BCUT2D eigenvalue weighted by atomic mass is 10.0. The topological polar surface area (TPSA) is 142 Å². The van der Waals surface area contributed by atoms with E-state index in [0.29, 0.717) is 5.56 Å². The van der Waals surface area contributed by atoms with Crippen molar-refractivity contribution in [3.63, 3.8) is 0 Å². The average molecular weight is 456 g/mol. The molecule has 2 rings (SSSR count). The lowest BCUT2D eigenvalue weighted by Gasteiger charge is -2.22. The predicted octanol–water partition coefficient (Wildman–Crippen LogP) is 2.84. The van der Waals surface area contributed by atoms with Crippen molar-refractivity contribution >= 4 is 23.9 Å². The largest absolute Gasteiger partial charge is 0.480 e. The first-order valence-electron chi connectivity index (χ1n) is 10.5. The highest BCUT2D eigenvalue weighted by molar-refractivity contribution is 5.89. The van der Waals surface area contributed by atoms with Crippen LogP contribution in [0.15, 0.2) is 54.6 Å². The summed E-state index contributed by atoms with van der Waals surface area (Å²) in [5.74, 6) is -2.94. The van der Waals surface area contributed by atoms with Gasteiger partial charge >= 0.3 is 18.0 Å². The maximum absolute atomic E-state index is 12.8. The Morgan fingerprint density at radius 3 is 2.03 bits per heavy atom. The molecule has 0 heterocycles. The summed E-state index contributed by atoms with van der Waals surface area (Å²) >= 11 is 0. The second kappa shape index (κ2) is 12.2. The number of carboxylic acids is 2. The molecule has 4 N–H and O–H groups in total. The van der Waals surface area contributed by atoms with E-state index >= 15 is 0 Å². The molecule has 0 radical (unpaired) electrons. The van der Waals surface area contributed by atoms with Crippen LogP contribution in [0.3, 0.4) is 0 Å². The fraction of sp³-hybridized carbons (Fsp3) is 0.333. The Morgan fingerprint density at radius 1 is 0.848 bits per heavy atom. The number of benzene rings is 2. The van der Waals surface area contributed by atoms with Crippen LogP contribution in [0.5, 0.6) is 0 Å². The summed E-state index contributed by atoms with van der Waals surface area (Å²) in [4.78, 5) is 47.7. The van der Waals surface area contributed by atoms with Gasteiger partial charge < -0.3 is 25.6 Å². The zero-order valence-corrected chi connectivity index (χ0v) is 18.5. The summed E-state index contributed by atoms with van der Waals surface area (Å²) in [6.07, 6.45) is -0.546. The Morgan fingerprint density at radius 2 is 1.48 bits per heavy atom. The molecule has 2 aromatic carbocycles. The zero-order valence-electron chi connectivity index (χ0n) is 18.5. The molecule has 0 unspecified atom stereocenters. The van der Waals surface area contributed by atoms with Crippen LogP contribution in [-0.4, -0.2) is 46.2 Å². The Hall–Kier alpha value is -3.88. The number of nitrogens with one attached hydrogen (secondary N) is 2. The van der Waals surface area contributed by atoms with Crippen molar-refractivity contribution in [2.24, 2.45) is 5.92 Å². The van der Waals surface area contributed by atoms with Crippen LogP contribution in [-0.2, 0) is 27.4 Å². The quantitative estimate of drug-likeness (QED) is 0.407. The summed E-state index contributed by atoms with van der Waals surface area (Å²) in [5, 5.41) is 23.5. The van der Waals surface area contributed by atoms with Crippen molar-refractivity contribution in [2.45, 2.75) is 45.4 Å². The van der Waals surface area contributed by atoms with Gasteiger partial charge in [0.15, 0.2) is 0 Å². The number of carbonyl (C=O) groups is 4. The monoisotopic (exact) mass is 456 g/mol. The van der Waals surface area contributed by atoms with Crippen molar-refractivity contribution in [1.29, 1.82) is 0 Å². The van der Waals surface area contributed by atoms with Crippen molar-refractivity contribution in [1.82, 2.24) is 10.6 Å².